The van der Waals surface area contributed by atoms with E-state index in [2.05, 4.69) is 10.0 Å². The van der Waals surface area contributed by atoms with E-state index in [9.17, 15) is 21.6 Å². The van der Waals surface area contributed by atoms with Crippen LogP contribution in [0.4, 0.5) is 11.4 Å². The molecule has 10 heteroatoms. The molecule has 1 aliphatic rings. The normalized spacial score (nSPS) is 14.8. The molecule has 1 saturated heterocycles. The van der Waals surface area contributed by atoms with Gasteiger partial charge in [0.2, 0.25) is 10.0 Å². The summed E-state index contributed by atoms with van der Waals surface area (Å²) in [5, 5.41) is 2.72. The first kappa shape index (κ1) is 26.8. The Morgan fingerprint density at radius 1 is 0.730 bits per heavy atom. The van der Waals surface area contributed by atoms with Gasteiger partial charge in [-0.15, -0.1) is 0 Å². The molecule has 0 spiro atoms. The fourth-order valence-electron chi connectivity index (χ4n) is 4.21. The van der Waals surface area contributed by atoms with Gasteiger partial charge in [0.25, 0.3) is 15.9 Å². The van der Waals surface area contributed by atoms with Gasteiger partial charge in [-0.2, -0.15) is 4.31 Å². The zero-order chi connectivity index (χ0) is 26.8. The molecule has 1 aliphatic heterocycles. The third kappa shape index (κ3) is 6.03. The summed E-state index contributed by atoms with van der Waals surface area (Å²) in [6.45, 7) is 6.54. The van der Waals surface area contributed by atoms with Crippen molar-refractivity contribution in [1.29, 1.82) is 0 Å². The number of carbonyl (C=O) groups is 1. The quantitative estimate of drug-likeness (QED) is 0.445. The Labute approximate surface area is 218 Å². The van der Waals surface area contributed by atoms with Crippen molar-refractivity contribution in [3.63, 3.8) is 0 Å². The van der Waals surface area contributed by atoms with E-state index in [1.54, 1.807) is 31.2 Å². The summed E-state index contributed by atoms with van der Waals surface area (Å²) in [7, 11) is -7.51. The number of benzene rings is 3. The number of aryl methyl sites for hydroxylation is 3. The molecule has 3 aromatic carbocycles. The number of anilines is 2. The first-order valence-electron chi connectivity index (χ1n) is 12.1. The molecule has 0 aliphatic carbocycles. The van der Waals surface area contributed by atoms with E-state index < -0.39 is 26.0 Å². The Morgan fingerprint density at radius 3 is 2.00 bits per heavy atom. The molecule has 0 saturated carbocycles. The summed E-state index contributed by atoms with van der Waals surface area (Å²) in [5.74, 6) is -0.505. The van der Waals surface area contributed by atoms with Crippen molar-refractivity contribution in [2.24, 2.45) is 0 Å². The molecule has 1 fully saturated rings. The molecule has 0 bridgehead atoms. The fourth-order valence-corrected chi connectivity index (χ4v) is 7.05. The van der Waals surface area contributed by atoms with Gasteiger partial charge in [0, 0.05) is 30.0 Å². The molecule has 2 N–H and O–H groups in total. The molecule has 3 aromatic rings. The van der Waals surface area contributed by atoms with Crippen molar-refractivity contribution in [1.82, 2.24) is 4.31 Å². The van der Waals surface area contributed by atoms with Crippen LogP contribution in [0.15, 0.2) is 70.5 Å². The molecule has 0 atom stereocenters. The standard InChI is InChI=1S/C27H31N3O5S2/c1-19-8-10-24(17-21(19)3)29-36(32,33)26-18-22(9-7-20(26)2)27(31)28-23-11-13-25(14-12-23)37(34,35)30-15-5-4-6-16-30/h7-14,17-18,29H,4-6,15-16H2,1-3H3,(H,28,31). The lowest BCUT2D eigenvalue weighted by atomic mass is 10.1. The molecule has 1 amide bonds. The maximum absolute atomic E-state index is 13.1. The van der Waals surface area contributed by atoms with Crippen LogP contribution >= 0.6 is 0 Å². The molecule has 8 nitrogen and oxygen atoms in total. The van der Waals surface area contributed by atoms with Crippen molar-refractivity contribution in [2.75, 3.05) is 23.1 Å². The maximum Gasteiger partial charge on any atom is 0.262 e. The number of amides is 1. The Morgan fingerprint density at radius 2 is 1.35 bits per heavy atom. The monoisotopic (exact) mass is 541 g/mol. The molecular weight excluding hydrogens is 510 g/mol. The molecule has 196 valence electrons. The fraction of sp³-hybridized carbons (Fsp3) is 0.296. The first-order valence-corrected chi connectivity index (χ1v) is 15.0. The van der Waals surface area contributed by atoms with Crippen LogP contribution in [0.5, 0.6) is 0 Å². The average molecular weight is 542 g/mol. The first-order chi connectivity index (χ1) is 17.5. The van der Waals surface area contributed by atoms with Crippen LogP contribution in [0.1, 0.15) is 46.3 Å². The zero-order valence-electron chi connectivity index (χ0n) is 21.1. The predicted octanol–water partition coefficient (Wildman–Crippen LogP) is 4.84. The Bertz CT molecular complexity index is 1530. The molecule has 1 heterocycles. The molecular formula is C27H31N3O5S2. The molecule has 4 rings (SSSR count). The highest BCUT2D eigenvalue weighted by molar-refractivity contribution is 7.92. The van der Waals surface area contributed by atoms with Crippen molar-refractivity contribution in [2.45, 2.75) is 49.8 Å². The average Bonchev–Trinajstić information content (AvgIpc) is 2.87. The third-order valence-corrected chi connectivity index (χ3v) is 10.0. The van der Waals surface area contributed by atoms with Crippen molar-refractivity contribution in [3.05, 3.63) is 82.9 Å². The van der Waals surface area contributed by atoms with E-state index in [-0.39, 0.29) is 15.4 Å². The number of rotatable bonds is 7. The Kier molecular flexibility index (Phi) is 7.72. The maximum atomic E-state index is 13.1. The highest BCUT2D eigenvalue weighted by Crippen LogP contribution is 2.24. The number of hydrogen-bond acceptors (Lipinski definition) is 5. The molecule has 0 radical (unpaired) electrons. The van der Waals surface area contributed by atoms with E-state index in [1.165, 1.54) is 34.6 Å². The second kappa shape index (κ2) is 10.6. The largest absolute Gasteiger partial charge is 0.322 e. The topological polar surface area (TPSA) is 113 Å². The summed E-state index contributed by atoms with van der Waals surface area (Å²) >= 11 is 0. The second-order valence-electron chi connectivity index (χ2n) is 9.33. The van der Waals surface area contributed by atoms with Gasteiger partial charge >= 0.3 is 0 Å². The van der Waals surface area contributed by atoms with Gasteiger partial charge in [-0.25, -0.2) is 16.8 Å². The summed E-state index contributed by atoms with van der Waals surface area (Å²) in [4.78, 5) is 13.1. The van der Waals surface area contributed by atoms with Crippen LogP contribution in [0, 0.1) is 20.8 Å². The van der Waals surface area contributed by atoms with Gasteiger partial charge in [-0.05, 0) is 98.8 Å². The minimum Gasteiger partial charge on any atom is -0.322 e. The predicted molar refractivity (Wildman–Crippen MR) is 145 cm³/mol. The van der Waals surface area contributed by atoms with Gasteiger partial charge in [-0.1, -0.05) is 18.6 Å². The van der Waals surface area contributed by atoms with Crippen LogP contribution < -0.4 is 10.0 Å². The van der Waals surface area contributed by atoms with E-state index in [0.29, 0.717) is 30.0 Å². The van der Waals surface area contributed by atoms with E-state index in [0.717, 1.165) is 30.4 Å². The molecule has 0 aromatic heterocycles. The van der Waals surface area contributed by atoms with Crippen LogP contribution in [0.25, 0.3) is 0 Å². The Balaban J connectivity index is 1.51. The smallest absolute Gasteiger partial charge is 0.262 e. The van der Waals surface area contributed by atoms with Gasteiger partial charge in [0.15, 0.2) is 0 Å². The second-order valence-corrected chi connectivity index (χ2v) is 12.9. The van der Waals surface area contributed by atoms with Crippen LogP contribution in [-0.2, 0) is 20.0 Å². The van der Waals surface area contributed by atoms with Gasteiger partial charge < -0.3 is 5.32 Å². The number of nitrogens with one attached hydrogen (secondary N) is 2. The summed E-state index contributed by atoms with van der Waals surface area (Å²) in [5.41, 5.74) is 3.52. The summed E-state index contributed by atoms with van der Waals surface area (Å²) < 4.78 is 56.0. The summed E-state index contributed by atoms with van der Waals surface area (Å²) in [6.07, 6.45) is 2.73. The zero-order valence-corrected chi connectivity index (χ0v) is 22.7. The lowest BCUT2D eigenvalue weighted by molar-refractivity contribution is 0.102. The van der Waals surface area contributed by atoms with Gasteiger partial charge in [0.05, 0.1) is 9.79 Å². The number of nitrogens with zero attached hydrogens (tertiary/aromatic N) is 1. The number of piperidine rings is 1. The highest BCUT2D eigenvalue weighted by Gasteiger charge is 2.26. The number of sulfonamides is 2. The minimum atomic E-state index is -3.94. The van der Waals surface area contributed by atoms with Gasteiger partial charge in [-0.3, -0.25) is 9.52 Å². The summed E-state index contributed by atoms with van der Waals surface area (Å²) in [6, 6.07) is 15.8. The Hall–Kier alpha value is -3.21. The SMILES string of the molecule is Cc1ccc(NS(=O)(=O)c2cc(C(=O)Nc3ccc(S(=O)(=O)N4CCCCC4)cc3)ccc2C)cc1C. The van der Waals surface area contributed by atoms with Crippen molar-refractivity contribution >= 4 is 37.3 Å². The molecule has 0 unspecified atom stereocenters. The van der Waals surface area contributed by atoms with Crippen LogP contribution in [0.2, 0.25) is 0 Å². The van der Waals surface area contributed by atoms with Gasteiger partial charge in [0.1, 0.15) is 0 Å². The lowest BCUT2D eigenvalue weighted by Crippen LogP contribution is -2.35. The van der Waals surface area contributed by atoms with E-state index >= 15 is 0 Å². The number of hydrogen-bond donors (Lipinski definition) is 2. The lowest BCUT2D eigenvalue weighted by Gasteiger charge is -2.25. The van der Waals surface area contributed by atoms with Crippen molar-refractivity contribution < 1.29 is 21.6 Å². The van der Waals surface area contributed by atoms with Crippen molar-refractivity contribution in [3.8, 4) is 0 Å². The van der Waals surface area contributed by atoms with Crippen LogP contribution in [0.3, 0.4) is 0 Å². The highest BCUT2D eigenvalue weighted by atomic mass is 32.2. The molecule has 37 heavy (non-hydrogen) atoms. The van der Waals surface area contributed by atoms with E-state index in [1.807, 2.05) is 19.9 Å². The minimum absolute atomic E-state index is 0.00125. The van der Waals surface area contributed by atoms with Crippen LogP contribution in [-0.4, -0.2) is 40.1 Å². The number of carbonyl (C=O) groups excluding carboxylic acids is 1. The third-order valence-electron chi connectivity index (χ3n) is 6.56. The van der Waals surface area contributed by atoms with E-state index in [4.69, 9.17) is 0 Å².